The first-order valence-corrected chi connectivity index (χ1v) is 5.48. The molecule has 0 amide bonds. The predicted molar refractivity (Wildman–Crippen MR) is 65.1 cm³/mol. The monoisotopic (exact) mass is 241 g/mol. The van der Waals surface area contributed by atoms with Crippen molar-refractivity contribution in [3.05, 3.63) is 28.8 Å². The molecule has 0 bridgehead atoms. The van der Waals surface area contributed by atoms with E-state index in [1.165, 1.54) is 0 Å². The van der Waals surface area contributed by atoms with Crippen molar-refractivity contribution in [2.75, 3.05) is 7.11 Å². The van der Waals surface area contributed by atoms with Crippen LogP contribution in [0.5, 0.6) is 5.75 Å². The maximum absolute atomic E-state index is 12.0. The molecule has 0 aliphatic heterocycles. The third kappa shape index (κ3) is 2.74. The molecule has 0 saturated heterocycles. The Morgan fingerprint density at radius 1 is 1.44 bits per heavy atom. The summed E-state index contributed by atoms with van der Waals surface area (Å²) in [6.07, 6.45) is 0. The van der Waals surface area contributed by atoms with E-state index >= 15 is 0 Å². The van der Waals surface area contributed by atoms with Crippen molar-refractivity contribution in [3.63, 3.8) is 0 Å². The lowest BCUT2D eigenvalue weighted by Gasteiger charge is -2.15. The van der Waals surface area contributed by atoms with Crippen molar-refractivity contribution in [1.29, 1.82) is 0 Å². The number of methoxy groups -OCH3 is 1. The van der Waals surface area contributed by atoms with Gasteiger partial charge >= 0.3 is 0 Å². The third-order valence-electron chi connectivity index (χ3n) is 2.46. The molecule has 1 aromatic carbocycles. The smallest absolute Gasteiger partial charge is 0.181 e. The molecule has 1 rings (SSSR count). The van der Waals surface area contributed by atoms with E-state index in [4.69, 9.17) is 22.1 Å². The summed E-state index contributed by atoms with van der Waals surface area (Å²) in [5.74, 6) is 0.577. The second-order valence-corrected chi connectivity index (χ2v) is 4.39. The van der Waals surface area contributed by atoms with Gasteiger partial charge in [0.25, 0.3) is 0 Å². The number of halogens is 1. The van der Waals surface area contributed by atoms with Crippen LogP contribution in [0.15, 0.2) is 18.2 Å². The summed E-state index contributed by atoms with van der Waals surface area (Å²) >= 11 is 6.00. The van der Waals surface area contributed by atoms with Crippen molar-refractivity contribution in [3.8, 4) is 5.75 Å². The number of carbonyl (C=O) groups excluding carboxylic acids is 1. The zero-order chi connectivity index (χ0) is 12.3. The number of nitrogens with two attached hydrogens (primary N) is 1. The molecule has 4 heteroatoms. The lowest BCUT2D eigenvalue weighted by atomic mass is 9.96. The van der Waals surface area contributed by atoms with Crippen molar-refractivity contribution < 1.29 is 9.53 Å². The lowest BCUT2D eigenvalue weighted by Crippen LogP contribution is -2.35. The molecule has 1 unspecified atom stereocenters. The molecule has 88 valence electrons. The second kappa shape index (κ2) is 5.32. The standard InChI is InChI=1S/C12H16ClNO2/c1-7(2)11(14)12(15)9-5-4-8(16-3)6-10(9)13/h4-7,11H,14H2,1-3H3. The summed E-state index contributed by atoms with van der Waals surface area (Å²) < 4.78 is 5.01. The van der Waals surface area contributed by atoms with Gasteiger partial charge in [-0.2, -0.15) is 0 Å². The van der Waals surface area contributed by atoms with Crippen molar-refractivity contribution in [2.45, 2.75) is 19.9 Å². The number of hydrogen-bond acceptors (Lipinski definition) is 3. The van der Waals surface area contributed by atoms with E-state index in [0.717, 1.165) is 0 Å². The molecule has 2 N–H and O–H groups in total. The van der Waals surface area contributed by atoms with Gasteiger partial charge in [0.15, 0.2) is 5.78 Å². The highest BCUT2D eigenvalue weighted by atomic mass is 35.5. The number of rotatable bonds is 4. The molecule has 0 aliphatic carbocycles. The SMILES string of the molecule is COc1ccc(C(=O)C(N)C(C)C)c(Cl)c1. The van der Waals surface area contributed by atoms with E-state index in [2.05, 4.69) is 0 Å². The minimum Gasteiger partial charge on any atom is -0.497 e. The van der Waals surface area contributed by atoms with Gasteiger partial charge < -0.3 is 10.5 Å². The normalized spacial score (nSPS) is 12.6. The van der Waals surface area contributed by atoms with Gasteiger partial charge in [0.05, 0.1) is 18.2 Å². The first-order chi connectivity index (χ1) is 7.47. The van der Waals surface area contributed by atoms with E-state index in [9.17, 15) is 4.79 Å². The Morgan fingerprint density at radius 2 is 2.06 bits per heavy atom. The maximum Gasteiger partial charge on any atom is 0.181 e. The van der Waals surface area contributed by atoms with Crippen molar-refractivity contribution in [1.82, 2.24) is 0 Å². The van der Waals surface area contributed by atoms with E-state index in [-0.39, 0.29) is 11.7 Å². The molecular formula is C12H16ClNO2. The lowest BCUT2D eigenvalue weighted by molar-refractivity contribution is 0.0940. The van der Waals surface area contributed by atoms with Gasteiger partial charge in [0.2, 0.25) is 0 Å². The summed E-state index contributed by atoms with van der Waals surface area (Å²) in [5, 5.41) is 0.375. The van der Waals surface area contributed by atoms with Crippen LogP contribution in [-0.2, 0) is 0 Å². The predicted octanol–water partition coefficient (Wildman–Crippen LogP) is 2.51. The van der Waals surface area contributed by atoms with E-state index in [0.29, 0.717) is 16.3 Å². The van der Waals surface area contributed by atoms with E-state index in [1.54, 1.807) is 25.3 Å². The fraction of sp³-hybridized carbons (Fsp3) is 0.417. The Labute approximate surface area is 101 Å². The Balaban J connectivity index is 3.01. The van der Waals surface area contributed by atoms with Gasteiger partial charge in [-0.1, -0.05) is 25.4 Å². The van der Waals surface area contributed by atoms with Crippen LogP contribution >= 0.6 is 11.6 Å². The Kier molecular flexibility index (Phi) is 4.33. The van der Waals surface area contributed by atoms with Crippen LogP contribution in [0, 0.1) is 5.92 Å². The van der Waals surface area contributed by atoms with Gasteiger partial charge in [0, 0.05) is 5.56 Å². The van der Waals surface area contributed by atoms with Gasteiger partial charge in [-0.3, -0.25) is 4.79 Å². The molecule has 0 fully saturated rings. The molecule has 0 heterocycles. The highest BCUT2D eigenvalue weighted by Gasteiger charge is 2.21. The van der Waals surface area contributed by atoms with Gasteiger partial charge in [-0.15, -0.1) is 0 Å². The summed E-state index contributed by atoms with van der Waals surface area (Å²) in [4.78, 5) is 12.0. The van der Waals surface area contributed by atoms with Crippen LogP contribution in [0.2, 0.25) is 5.02 Å². The molecule has 0 aromatic heterocycles. The molecule has 0 aliphatic rings. The molecular weight excluding hydrogens is 226 g/mol. The topological polar surface area (TPSA) is 52.3 Å². The molecule has 1 atom stereocenters. The molecule has 0 radical (unpaired) electrons. The zero-order valence-electron chi connectivity index (χ0n) is 9.66. The Bertz CT molecular complexity index is 391. The third-order valence-corrected chi connectivity index (χ3v) is 2.78. The van der Waals surface area contributed by atoms with Crippen LogP contribution in [0.1, 0.15) is 24.2 Å². The fourth-order valence-electron chi connectivity index (χ4n) is 1.30. The highest BCUT2D eigenvalue weighted by Crippen LogP contribution is 2.24. The highest BCUT2D eigenvalue weighted by molar-refractivity contribution is 6.34. The molecule has 3 nitrogen and oxygen atoms in total. The second-order valence-electron chi connectivity index (χ2n) is 3.98. The molecule has 0 spiro atoms. The molecule has 0 saturated carbocycles. The van der Waals surface area contributed by atoms with Crippen LogP contribution in [0.25, 0.3) is 0 Å². The van der Waals surface area contributed by atoms with E-state index < -0.39 is 6.04 Å². The number of Topliss-reactive ketones (excluding diaryl/α,β-unsaturated/α-hetero) is 1. The molecule has 16 heavy (non-hydrogen) atoms. The zero-order valence-corrected chi connectivity index (χ0v) is 10.4. The number of carbonyl (C=O) groups is 1. The van der Waals surface area contributed by atoms with Crippen molar-refractivity contribution >= 4 is 17.4 Å². The van der Waals surface area contributed by atoms with Crippen LogP contribution < -0.4 is 10.5 Å². The maximum atomic E-state index is 12.0. The average Bonchev–Trinajstić information content (AvgIpc) is 2.26. The largest absolute Gasteiger partial charge is 0.497 e. The van der Waals surface area contributed by atoms with E-state index in [1.807, 2.05) is 13.8 Å². The number of benzene rings is 1. The van der Waals surface area contributed by atoms with Crippen LogP contribution in [0.4, 0.5) is 0 Å². The van der Waals surface area contributed by atoms with Crippen LogP contribution in [-0.4, -0.2) is 18.9 Å². The summed E-state index contributed by atoms with van der Waals surface area (Å²) in [7, 11) is 1.55. The number of ketones is 1. The minimum atomic E-state index is -0.522. The number of ether oxygens (including phenoxy) is 1. The summed E-state index contributed by atoms with van der Waals surface area (Å²) in [6.45, 7) is 3.81. The first-order valence-electron chi connectivity index (χ1n) is 5.10. The minimum absolute atomic E-state index is 0.0886. The first kappa shape index (κ1) is 13.0. The quantitative estimate of drug-likeness (QED) is 0.825. The van der Waals surface area contributed by atoms with Gasteiger partial charge in [-0.05, 0) is 24.1 Å². The molecule has 1 aromatic rings. The Hall–Kier alpha value is -1.06. The fourth-order valence-corrected chi connectivity index (χ4v) is 1.57. The van der Waals surface area contributed by atoms with Crippen molar-refractivity contribution in [2.24, 2.45) is 11.7 Å². The Morgan fingerprint density at radius 3 is 2.50 bits per heavy atom. The van der Waals surface area contributed by atoms with Crippen LogP contribution in [0.3, 0.4) is 0 Å². The number of hydrogen-bond donors (Lipinski definition) is 1. The average molecular weight is 242 g/mol. The summed E-state index contributed by atoms with van der Waals surface area (Å²) in [5.41, 5.74) is 6.24. The van der Waals surface area contributed by atoms with Gasteiger partial charge in [0.1, 0.15) is 5.75 Å². The summed E-state index contributed by atoms with van der Waals surface area (Å²) in [6, 6.07) is 4.44. The van der Waals surface area contributed by atoms with Gasteiger partial charge in [-0.25, -0.2) is 0 Å².